The molecule has 0 radical (unpaired) electrons. The molecule has 0 N–H and O–H groups in total. The zero-order valence-corrected chi connectivity index (χ0v) is 31.4. The van der Waals surface area contributed by atoms with Gasteiger partial charge in [-0.05, 0) is 60.7 Å². The number of furan rings is 8. The molecule has 0 fully saturated rings. The van der Waals surface area contributed by atoms with Gasteiger partial charge in [-0.15, -0.1) is 0 Å². The van der Waals surface area contributed by atoms with E-state index in [1.54, 1.807) is 50.1 Å². The molecule has 0 aliphatic carbocycles. The Hall–Kier alpha value is -8.64. The van der Waals surface area contributed by atoms with Crippen molar-refractivity contribution in [3.05, 3.63) is 184 Å². The van der Waals surface area contributed by atoms with E-state index in [1.807, 2.05) is 117 Å². The number of benzene rings is 4. The first-order chi connectivity index (χ1) is 29.8. The summed E-state index contributed by atoms with van der Waals surface area (Å²) in [6, 6.07) is 42.8. The zero-order chi connectivity index (χ0) is 39.6. The molecular formula is C48H30N4O8. The van der Waals surface area contributed by atoms with E-state index in [1.165, 1.54) is 0 Å². The minimum Gasteiger partial charge on any atom is -0.448 e. The molecule has 8 aromatic heterocycles. The standard InChI is InChI=1S/C48H30N4O8/c1-9-39(53-21-1)49(40-10-2-22-54-40)35-29-36(50(41-11-3-23-55-41)42-12-4-24-56-42)32-19-20-34-38(52(45-15-7-27-59-45)46-16-8-28-60-46)30-37(33-18-17-31(35)47(32)48(33)34)51(43-13-5-25-57-43)44-14-6-26-58-44/h1-30H. The molecule has 0 aliphatic rings. The fourth-order valence-electron chi connectivity index (χ4n) is 8.22. The maximum atomic E-state index is 6.14. The van der Waals surface area contributed by atoms with Gasteiger partial charge in [0.1, 0.15) is 0 Å². The topological polar surface area (TPSA) is 118 Å². The number of hydrogen-bond acceptors (Lipinski definition) is 12. The van der Waals surface area contributed by atoms with Crippen molar-refractivity contribution in [3.8, 4) is 0 Å². The predicted molar refractivity (Wildman–Crippen MR) is 227 cm³/mol. The number of nitrogens with zero attached hydrogens (tertiary/aromatic N) is 4. The highest BCUT2D eigenvalue weighted by molar-refractivity contribution is 6.32. The first-order valence-corrected chi connectivity index (χ1v) is 19.1. The van der Waals surface area contributed by atoms with Crippen LogP contribution < -0.4 is 19.6 Å². The van der Waals surface area contributed by atoms with Crippen LogP contribution in [0.25, 0.3) is 32.3 Å². The van der Waals surface area contributed by atoms with Crippen LogP contribution >= 0.6 is 0 Å². The fraction of sp³-hybridized carbons (Fsp3) is 0. The van der Waals surface area contributed by atoms with Crippen LogP contribution in [-0.4, -0.2) is 0 Å². The van der Waals surface area contributed by atoms with Crippen LogP contribution in [0.2, 0.25) is 0 Å². The van der Waals surface area contributed by atoms with E-state index in [9.17, 15) is 0 Å². The van der Waals surface area contributed by atoms with Crippen LogP contribution in [0.3, 0.4) is 0 Å². The largest absolute Gasteiger partial charge is 0.448 e. The lowest BCUT2D eigenvalue weighted by Crippen LogP contribution is -2.14. The lowest BCUT2D eigenvalue weighted by molar-refractivity contribution is 0.538. The molecule has 0 amide bonds. The minimum atomic E-state index is 0.554. The van der Waals surface area contributed by atoms with Gasteiger partial charge in [-0.2, -0.15) is 0 Å². The van der Waals surface area contributed by atoms with Crippen LogP contribution in [0.4, 0.5) is 69.8 Å². The Bertz CT molecular complexity index is 2690. The number of rotatable bonds is 12. The van der Waals surface area contributed by atoms with Gasteiger partial charge in [0.15, 0.2) is 0 Å². The van der Waals surface area contributed by atoms with Crippen LogP contribution in [0, 0.1) is 0 Å². The van der Waals surface area contributed by atoms with Gasteiger partial charge < -0.3 is 35.3 Å². The van der Waals surface area contributed by atoms with Gasteiger partial charge in [0.25, 0.3) is 0 Å². The molecule has 0 atom stereocenters. The Kier molecular flexibility index (Phi) is 7.53. The summed E-state index contributed by atoms with van der Waals surface area (Å²) in [6.07, 6.45) is 13.2. The summed E-state index contributed by atoms with van der Waals surface area (Å²) >= 11 is 0. The Morgan fingerprint density at radius 1 is 0.233 bits per heavy atom. The molecule has 0 bridgehead atoms. The summed E-state index contributed by atoms with van der Waals surface area (Å²) in [5.74, 6) is 4.43. The van der Waals surface area contributed by atoms with Crippen LogP contribution in [-0.2, 0) is 0 Å². The Morgan fingerprint density at radius 2 is 0.417 bits per heavy atom. The third-order valence-electron chi connectivity index (χ3n) is 10.6. The lowest BCUT2D eigenvalue weighted by atomic mass is 9.89. The second-order valence-electron chi connectivity index (χ2n) is 13.9. The third-order valence-corrected chi connectivity index (χ3v) is 10.6. The van der Waals surface area contributed by atoms with E-state index in [0.717, 1.165) is 55.1 Å². The molecule has 12 rings (SSSR count). The van der Waals surface area contributed by atoms with Gasteiger partial charge >= 0.3 is 0 Å². The van der Waals surface area contributed by atoms with Crippen molar-refractivity contribution in [2.75, 3.05) is 19.6 Å². The van der Waals surface area contributed by atoms with E-state index in [0.29, 0.717) is 47.1 Å². The van der Waals surface area contributed by atoms with E-state index >= 15 is 0 Å². The van der Waals surface area contributed by atoms with Gasteiger partial charge in [0.2, 0.25) is 47.1 Å². The van der Waals surface area contributed by atoms with Gasteiger partial charge in [-0.1, -0.05) is 24.3 Å². The monoisotopic (exact) mass is 790 g/mol. The average molecular weight is 791 g/mol. The highest BCUT2D eigenvalue weighted by Gasteiger charge is 2.32. The molecule has 290 valence electrons. The molecule has 0 aliphatic heterocycles. The van der Waals surface area contributed by atoms with Gasteiger partial charge in [0, 0.05) is 80.8 Å². The zero-order valence-electron chi connectivity index (χ0n) is 31.4. The molecule has 60 heavy (non-hydrogen) atoms. The van der Waals surface area contributed by atoms with Crippen molar-refractivity contribution in [2.45, 2.75) is 0 Å². The molecule has 12 nitrogen and oxygen atoms in total. The quantitative estimate of drug-likeness (QED) is 0.110. The van der Waals surface area contributed by atoms with E-state index in [2.05, 4.69) is 36.4 Å². The molecule has 12 aromatic rings. The van der Waals surface area contributed by atoms with Crippen molar-refractivity contribution in [2.24, 2.45) is 0 Å². The van der Waals surface area contributed by atoms with Crippen molar-refractivity contribution in [1.29, 1.82) is 0 Å². The normalized spacial score (nSPS) is 11.7. The minimum absolute atomic E-state index is 0.554. The summed E-state index contributed by atoms with van der Waals surface area (Å²) in [7, 11) is 0. The summed E-state index contributed by atoms with van der Waals surface area (Å²) in [5.41, 5.74) is 3.09. The molecule has 12 heteroatoms. The fourth-order valence-corrected chi connectivity index (χ4v) is 8.22. The SMILES string of the molecule is c1coc(N(c2ccco2)c2cc(N(c3ccco3)c3ccco3)c3ccc4c(N(c5ccco5)c5ccco5)cc(N(c5ccco5)c5ccco5)c5ccc2c3c54)c1. The van der Waals surface area contributed by atoms with E-state index < -0.39 is 0 Å². The van der Waals surface area contributed by atoms with Crippen molar-refractivity contribution >= 4 is 102 Å². The Balaban J connectivity index is 1.27. The number of anilines is 12. The first kappa shape index (κ1) is 33.5. The second-order valence-corrected chi connectivity index (χ2v) is 13.9. The van der Waals surface area contributed by atoms with Crippen LogP contribution in [0.5, 0.6) is 0 Å². The van der Waals surface area contributed by atoms with Crippen molar-refractivity contribution < 1.29 is 35.3 Å². The molecule has 0 saturated carbocycles. The maximum Gasteiger partial charge on any atom is 0.206 e. The average Bonchev–Trinajstić information content (AvgIpc) is 4.13. The molecule has 0 unspecified atom stereocenters. The molecule has 8 heterocycles. The summed E-state index contributed by atoms with van der Waals surface area (Å²) in [5, 5.41) is 5.51. The lowest BCUT2D eigenvalue weighted by Gasteiger charge is -2.30. The third kappa shape index (κ3) is 5.17. The van der Waals surface area contributed by atoms with Crippen LogP contribution in [0.1, 0.15) is 0 Å². The Morgan fingerprint density at radius 3 is 0.567 bits per heavy atom. The number of hydrogen-bond donors (Lipinski definition) is 0. The summed E-state index contributed by atoms with van der Waals surface area (Å²) in [6.45, 7) is 0. The van der Waals surface area contributed by atoms with Crippen molar-refractivity contribution in [3.63, 3.8) is 0 Å². The van der Waals surface area contributed by atoms with Crippen molar-refractivity contribution in [1.82, 2.24) is 0 Å². The van der Waals surface area contributed by atoms with Gasteiger partial charge in [-0.25, -0.2) is 19.6 Å². The summed E-state index contributed by atoms with van der Waals surface area (Å²) < 4.78 is 49.1. The summed E-state index contributed by atoms with van der Waals surface area (Å²) in [4.78, 5) is 7.87. The second kappa shape index (κ2) is 13.5. The highest BCUT2D eigenvalue weighted by atomic mass is 16.4. The maximum absolute atomic E-state index is 6.14. The van der Waals surface area contributed by atoms with Crippen LogP contribution in [0.15, 0.2) is 219 Å². The van der Waals surface area contributed by atoms with E-state index in [-0.39, 0.29) is 0 Å². The smallest absolute Gasteiger partial charge is 0.206 e. The predicted octanol–water partition coefficient (Wildman–Crippen LogP) is 15.2. The molecule has 0 spiro atoms. The van der Waals surface area contributed by atoms with E-state index in [4.69, 9.17) is 35.3 Å². The molecule has 0 saturated heterocycles. The van der Waals surface area contributed by atoms with Gasteiger partial charge in [0.05, 0.1) is 72.9 Å². The Labute approximate surface area is 339 Å². The van der Waals surface area contributed by atoms with Gasteiger partial charge in [-0.3, -0.25) is 0 Å². The molecular weight excluding hydrogens is 761 g/mol. The highest BCUT2D eigenvalue weighted by Crippen LogP contribution is 2.55. The molecule has 4 aromatic carbocycles. The first-order valence-electron chi connectivity index (χ1n) is 19.1.